The Bertz CT molecular complexity index is 954. The normalized spacial score (nSPS) is 18.0. The molecule has 1 aliphatic carbocycles. The van der Waals surface area contributed by atoms with Crippen LogP contribution >= 0.6 is 0 Å². The van der Waals surface area contributed by atoms with Crippen LogP contribution in [-0.2, 0) is 14.3 Å². The first-order valence-electron chi connectivity index (χ1n) is 9.82. The Kier molecular flexibility index (Phi) is 7.02. The van der Waals surface area contributed by atoms with Gasteiger partial charge in [0, 0.05) is 0 Å². The standard InChI is InChI=1S/C23H22O8/c1-29-21(26)15-8-12-19(13-9-15)31-23(28)17-4-2-16(3-5-17)22(27)30-18-10-6-14(7-11-18)20(24)25/h6-13,16-17H,2-5H2,1H3,(H,24,25). The number of benzene rings is 2. The summed E-state index contributed by atoms with van der Waals surface area (Å²) in [7, 11) is 1.29. The number of hydrogen-bond donors (Lipinski definition) is 1. The molecule has 0 aromatic heterocycles. The van der Waals surface area contributed by atoms with Crippen LogP contribution in [0.1, 0.15) is 46.4 Å². The number of carbonyl (C=O) groups is 4. The van der Waals surface area contributed by atoms with Crippen molar-refractivity contribution >= 4 is 23.9 Å². The van der Waals surface area contributed by atoms with Gasteiger partial charge < -0.3 is 19.3 Å². The quantitative estimate of drug-likeness (QED) is 0.551. The van der Waals surface area contributed by atoms with Crippen LogP contribution in [0.25, 0.3) is 0 Å². The highest BCUT2D eigenvalue weighted by atomic mass is 16.5. The molecule has 8 heteroatoms. The van der Waals surface area contributed by atoms with Crippen LogP contribution in [0, 0.1) is 11.8 Å². The molecule has 0 bridgehead atoms. The summed E-state index contributed by atoms with van der Waals surface area (Å²) in [6, 6.07) is 11.7. The largest absolute Gasteiger partial charge is 0.478 e. The molecule has 0 saturated heterocycles. The van der Waals surface area contributed by atoms with Gasteiger partial charge in [-0.15, -0.1) is 0 Å². The number of hydrogen-bond acceptors (Lipinski definition) is 7. The van der Waals surface area contributed by atoms with Crippen molar-refractivity contribution in [1.82, 2.24) is 0 Å². The van der Waals surface area contributed by atoms with Gasteiger partial charge in [0.05, 0.1) is 30.1 Å². The number of carbonyl (C=O) groups excluding carboxylic acids is 3. The molecular weight excluding hydrogens is 404 g/mol. The van der Waals surface area contributed by atoms with Crippen LogP contribution in [0.4, 0.5) is 0 Å². The fourth-order valence-corrected chi connectivity index (χ4v) is 3.41. The Hall–Kier alpha value is -3.68. The predicted molar refractivity (Wildman–Crippen MR) is 108 cm³/mol. The first-order valence-corrected chi connectivity index (χ1v) is 9.82. The molecule has 0 unspecified atom stereocenters. The van der Waals surface area contributed by atoms with Gasteiger partial charge in [-0.25, -0.2) is 9.59 Å². The average Bonchev–Trinajstić information content (AvgIpc) is 2.79. The van der Waals surface area contributed by atoms with Crippen molar-refractivity contribution in [2.45, 2.75) is 25.7 Å². The molecule has 1 saturated carbocycles. The first-order chi connectivity index (χ1) is 14.9. The number of carboxylic acid groups (broad SMARTS) is 1. The van der Waals surface area contributed by atoms with Crippen LogP contribution in [0.2, 0.25) is 0 Å². The third-order valence-corrected chi connectivity index (χ3v) is 5.21. The fourth-order valence-electron chi connectivity index (χ4n) is 3.41. The van der Waals surface area contributed by atoms with E-state index in [1.807, 2.05) is 0 Å². The van der Waals surface area contributed by atoms with E-state index < -0.39 is 17.9 Å². The molecule has 31 heavy (non-hydrogen) atoms. The molecule has 0 amide bonds. The van der Waals surface area contributed by atoms with Crippen LogP contribution in [0.3, 0.4) is 0 Å². The first kappa shape index (κ1) is 22.0. The van der Waals surface area contributed by atoms with Gasteiger partial charge in [0.2, 0.25) is 0 Å². The van der Waals surface area contributed by atoms with Crippen LogP contribution in [0.15, 0.2) is 48.5 Å². The van der Waals surface area contributed by atoms with E-state index in [0.29, 0.717) is 37.0 Å². The van der Waals surface area contributed by atoms with Crippen molar-refractivity contribution in [3.05, 3.63) is 59.7 Å². The maximum atomic E-state index is 12.4. The Balaban J connectivity index is 1.48. The fraction of sp³-hybridized carbons (Fsp3) is 0.304. The zero-order chi connectivity index (χ0) is 22.4. The second-order valence-corrected chi connectivity index (χ2v) is 7.24. The van der Waals surface area contributed by atoms with Crippen molar-refractivity contribution in [3.8, 4) is 11.5 Å². The number of ether oxygens (including phenoxy) is 3. The Labute approximate surface area is 178 Å². The Morgan fingerprint density at radius 3 is 1.45 bits per heavy atom. The number of esters is 3. The van der Waals surface area contributed by atoms with Gasteiger partial charge in [-0.1, -0.05) is 0 Å². The molecule has 0 atom stereocenters. The number of rotatable bonds is 6. The van der Waals surface area contributed by atoms with Crippen molar-refractivity contribution in [1.29, 1.82) is 0 Å². The zero-order valence-corrected chi connectivity index (χ0v) is 16.9. The minimum absolute atomic E-state index is 0.110. The summed E-state index contributed by atoms with van der Waals surface area (Å²) in [4.78, 5) is 47.1. The van der Waals surface area contributed by atoms with Gasteiger partial charge in [0.15, 0.2) is 0 Å². The van der Waals surface area contributed by atoms with E-state index in [0.717, 1.165) is 0 Å². The molecule has 2 aromatic carbocycles. The zero-order valence-electron chi connectivity index (χ0n) is 16.9. The van der Waals surface area contributed by atoms with E-state index in [1.165, 1.54) is 55.6 Å². The number of aromatic carboxylic acids is 1. The van der Waals surface area contributed by atoms with Crippen molar-refractivity contribution < 1.29 is 38.5 Å². The number of carboxylic acids is 1. The smallest absolute Gasteiger partial charge is 0.337 e. The topological polar surface area (TPSA) is 116 Å². The van der Waals surface area contributed by atoms with Crippen molar-refractivity contribution in [3.63, 3.8) is 0 Å². The molecule has 1 aliphatic rings. The minimum Gasteiger partial charge on any atom is -0.478 e. The van der Waals surface area contributed by atoms with Gasteiger partial charge in [-0.05, 0) is 74.2 Å². The average molecular weight is 426 g/mol. The third kappa shape index (κ3) is 5.69. The summed E-state index contributed by atoms with van der Waals surface area (Å²) in [6.07, 6.45) is 1.98. The summed E-state index contributed by atoms with van der Waals surface area (Å²) in [5.41, 5.74) is 0.470. The van der Waals surface area contributed by atoms with Gasteiger partial charge in [-0.3, -0.25) is 9.59 Å². The highest BCUT2D eigenvalue weighted by Crippen LogP contribution is 2.31. The maximum absolute atomic E-state index is 12.4. The minimum atomic E-state index is -1.05. The molecular formula is C23H22O8. The lowest BCUT2D eigenvalue weighted by Crippen LogP contribution is -2.30. The molecule has 8 nitrogen and oxygen atoms in total. The SMILES string of the molecule is COC(=O)c1ccc(OC(=O)C2CCC(C(=O)Oc3ccc(C(=O)O)cc3)CC2)cc1. The van der Waals surface area contributed by atoms with Crippen molar-refractivity contribution in [2.75, 3.05) is 7.11 Å². The molecule has 162 valence electrons. The third-order valence-electron chi connectivity index (χ3n) is 5.21. The molecule has 1 N–H and O–H groups in total. The highest BCUT2D eigenvalue weighted by Gasteiger charge is 2.32. The van der Waals surface area contributed by atoms with Crippen LogP contribution in [-0.4, -0.2) is 36.1 Å². The number of methoxy groups -OCH3 is 1. The summed E-state index contributed by atoms with van der Waals surface area (Å²) >= 11 is 0. The summed E-state index contributed by atoms with van der Waals surface area (Å²) in [5, 5.41) is 8.90. The van der Waals surface area contributed by atoms with E-state index in [4.69, 9.17) is 14.6 Å². The Morgan fingerprint density at radius 1 is 0.710 bits per heavy atom. The maximum Gasteiger partial charge on any atom is 0.337 e. The lowest BCUT2D eigenvalue weighted by molar-refractivity contribution is -0.145. The molecule has 1 fully saturated rings. The van der Waals surface area contributed by atoms with Crippen molar-refractivity contribution in [2.24, 2.45) is 11.8 Å². The van der Waals surface area contributed by atoms with Gasteiger partial charge >= 0.3 is 23.9 Å². The lowest BCUT2D eigenvalue weighted by Gasteiger charge is -2.25. The van der Waals surface area contributed by atoms with Gasteiger partial charge in [-0.2, -0.15) is 0 Å². The summed E-state index contributed by atoms with van der Waals surface area (Å²) in [6.45, 7) is 0. The van der Waals surface area contributed by atoms with Gasteiger partial charge in [0.25, 0.3) is 0 Å². The van der Waals surface area contributed by atoms with E-state index in [9.17, 15) is 19.2 Å². The van der Waals surface area contributed by atoms with E-state index in [-0.39, 0.29) is 29.1 Å². The summed E-state index contributed by atoms with van der Waals surface area (Å²) < 4.78 is 15.3. The molecule has 0 radical (unpaired) electrons. The van der Waals surface area contributed by atoms with Crippen LogP contribution in [0.5, 0.6) is 11.5 Å². The highest BCUT2D eigenvalue weighted by molar-refractivity contribution is 5.89. The van der Waals surface area contributed by atoms with E-state index >= 15 is 0 Å². The predicted octanol–water partition coefficient (Wildman–Crippen LogP) is 3.49. The Morgan fingerprint density at radius 2 is 1.10 bits per heavy atom. The molecule has 2 aromatic rings. The summed E-state index contributed by atoms with van der Waals surface area (Å²) in [5.74, 6) is -2.32. The molecule has 0 spiro atoms. The van der Waals surface area contributed by atoms with Crippen LogP contribution < -0.4 is 9.47 Å². The molecule has 0 heterocycles. The monoisotopic (exact) mass is 426 g/mol. The van der Waals surface area contributed by atoms with E-state index in [1.54, 1.807) is 0 Å². The second kappa shape index (κ2) is 9.88. The van der Waals surface area contributed by atoms with Gasteiger partial charge in [0.1, 0.15) is 11.5 Å². The van der Waals surface area contributed by atoms with E-state index in [2.05, 4.69) is 4.74 Å². The molecule has 3 rings (SSSR count). The molecule has 0 aliphatic heterocycles. The lowest BCUT2D eigenvalue weighted by atomic mass is 9.82. The second-order valence-electron chi connectivity index (χ2n) is 7.24.